The van der Waals surface area contributed by atoms with Gasteiger partial charge in [0.15, 0.2) is 0 Å². The average molecular weight is 276 g/mol. The van der Waals surface area contributed by atoms with Crippen LogP contribution in [0.1, 0.15) is 61.7 Å². The largest absolute Gasteiger partial charge is 0.388 e. The predicted molar refractivity (Wildman–Crippen MR) is 82.7 cm³/mol. The van der Waals surface area contributed by atoms with Crippen molar-refractivity contribution in [1.29, 1.82) is 0 Å². The lowest BCUT2D eigenvalue weighted by atomic mass is 9.79. The van der Waals surface area contributed by atoms with E-state index < -0.39 is 0 Å². The van der Waals surface area contributed by atoms with E-state index in [1.807, 2.05) is 0 Å². The Hall–Kier alpha value is -0.470. The van der Waals surface area contributed by atoms with E-state index >= 15 is 0 Å². The highest BCUT2D eigenvalue weighted by molar-refractivity contribution is 7.99. The summed E-state index contributed by atoms with van der Waals surface area (Å²) in [5, 5.41) is 10.4. The molecule has 2 heteroatoms. The molecule has 1 aliphatic heterocycles. The van der Waals surface area contributed by atoms with Crippen LogP contribution in [0.25, 0.3) is 0 Å². The molecule has 3 rings (SSSR count). The minimum absolute atomic E-state index is 0.261. The monoisotopic (exact) mass is 276 g/mol. The predicted octanol–water partition coefficient (Wildman–Crippen LogP) is 4.52. The van der Waals surface area contributed by atoms with E-state index in [4.69, 9.17) is 0 Å². The Morgan fingerprint density at radius 2 is 1.74 bits per heavy atom. The Labute approximate surface area is 120 Å². The molecule has 0 bridgehead atoms. The van der Waals surface area contributed by atoms with E-state index in [0.29, 0.717) is 0 Å². The van der Waals surface area contributed by atoms with Gasteiger partial charge in [-0.15, -0.1) is 0 Å². The smallest absolute Gasteiger partial charge is 0.0792 e. The van der Waals surface area contributed by atoms with Crippen LogP contribution < -0.4 is 0 Å². The molecule has 0 aromatic heterocycles. The van der Waals surface area contributed by atoms with Crippen molar-refractivity contribution < 1.29 is 5.11 Å². The van der Waals surface area contributed by atoms with Crippen LogP contribution in [0.2, 0.25) is 0 Å². The van der Waals surface area contributed by atoms with Crippen LogP contribution >= 0.6 is 11.8 Å². The Morgan fingerprint density at radius 1 is 1.05 bits per heavy atom. The highest BCUT2D eigenvalue weighted by Crippen LogP contribution is 2.37. The molecule has 1 aliphatic carbocycles. The molecule has 1 aromatic rings. The summed E-state index contributed by atoms with van der Waals surface area (Å²) in [6, 6.07) is 8.77. The zero-order valence-corrected chi connectivity index (χ0v) is 12.4. The first-order chi connectivity index (χ1) is 9.33. The van der Waals surface area contributed by atoms with Crippen molar-refractivity contribution in [2.75, 3.05) is 11.5 Å². The lowest BCUT2D eigenvalue weighted by Crippen LogP contribution is -2.13. The van der Waals surface area contributed by atoms with Crippen LogP contribution in [0.5, 0.6) is 0 Å². The van der Waals surface area contributed by atoms with Gasteiger partial charge in [-0.1, -0.05) is 30.7 Å². The summed E-state index contributed by atoms with van der Waals surface area (Å²) in [6.45, 7) is 0. The topological polar surface area (TPSA) is 20.2 Å². The van der Waals surface area contributed by atoms with Crippen molar-refractivity contribution in [2.24, 2.45) is 5.92 Å². The first-order valence-corrected chi connectivity index (χ1v) is 8.84. The van der Waals surface area contributed by atoms with Crippen LogP contribution in [0.4, 0.5) is 0 Å². The number of aliphatic hydroxyl groups excluding tert-OH is 1. The van der Waals surface area contributed by atoms with Crippen molar-refractivity contribution >= 4 is 11.8 Å². The van der Waals surface area contributed by atoms with Crippen LogP contribution in [-0.2, 0) is 0 Å². The highest BCUT2D eigenvalue weighted by atomic mass is 32.2. The number of thioether (sulfide) groups is 1. The van der Waals surface area contributed by atoms with E-state index in [1.54, 1.807) is 0 Å². The van der Waals surface area contributed by atoms with Gasteiger partial charge in [0, 0.05) is 0 Å². The summed E-state index contributed by atoms with van der Waals surface area (Å²) in [5.74, 6) is 4.07. The molecule has 1 saturated carbocycles. The lowest BCUT2D eigenvalue weighted by molar-refractivity contribution is 0.141. The number of benzene rings is 1. The van der Waals surface area contributed by atoms with Gasteiger partial charge in [0.05, 0.1) is 6.10 Å². The van der Waals surface area contributed by atoms with E-state index in [9.17, 15) is 5.11 Å². The van der Waals surface area contributed by atoms with Crippen molar-refractivity contribution in [3.8, 4) is 0 Å². The summed E-state index contributed by atoms with van der Waals surface area (Å²) in [6.07, 6.45) is 7.33. The van der Waals surface area contributed by atoms with Crippen LogP contribution in [0.15, 0.2) is 24.3 Å². The molecular formula is C17H24OS. The van der Waals surface area contributed by atoms with Crippen LogP contribution in [0.3, 0.4) is 0 Å². The van der Waals surface area contributed by atoms with Gasteiger partial charge in [-0.05, 0) is 66.6 Å². The third kappa shape index (κ3) is 3.35. The molecule has 0 radical (unpaired) electrons. The standard InChI is InChI=1S/C17H24OS/c18-17(12-13-8-10-19-11-9-13)16-6-4-15(5-7-16)14-2-1-3-14/h4-7,13-14,17-18H,1-3,8-12H2. The second-order valence-corrected chi connectivity index (χ2v) is 7.33. The van der Waals surface area contributed by atoms with E-state index in [-0.39, 0.29) is 6.10 Å². The summed E-state index contributed by atoms with van der Waals surface area (Å²) in [5.41, 5.74) is 2.58. The van der Waals surface area contributed by atoms with Crippen LogP contribution in [0, 0.1) is 5.92 Å². The SMILES string of the molecule is OC(CC1CCSCC1)c1ccc(C2CCC2)cc1. The van der Waals surface area contributed by atoms with Crippen molar-refractivity contribution in [3.63, 3.8) is 0 Å². The van der Waals surface area contributed by atoms with Crippen molar-refractivity contribution in [2.45, 2.75) is 50.5 Å². The first kappa shape index (κ1) is 13.5. The lowest BCUT2D eigenvalue weighted by Gasteiger charge is -2.27. The van der Waals surface area contributed by atoms with Gasteiger partial charge in [0.2, 0.25) is 0 Å². The van der Waals surface area contributed by atoms with E-state index in [2.05, 4.69) is 36.0 Å². The summed E-state index contributed by atoms with van der Waals surface area (Å²) < 4.78 is 0. The molecule has 0 amide bonds. The molecule has 1 nitrogen and oxygen atoms in total. The van der Waals surface area contributed by atoms with Gasteiger partial charge >= 0.3 is 0 Å². The molecule has 1 aromatic carbocycles. The summed E-state index contributed by atoms with van der Waals surface area (Å²) in [4.78, 5) is 0. The quantitative estimate of drug-likeness (QED) is 0.872. The molecule has 19 heavy (non-hydrogen) atoms. The third-order valence-electron chi connectivity index (χ3n) is 4.80. The van der Waals surface area contributed by atoms with Gasteiger partial charge in [-0.3, -0.25) is 0 Å². The van der Waals surface area contributed by atoms with Gasteiger partial charge in [-0.25, -0.2) is 0 Å². The highest BCUT2D eigenvalue weighted by Gasteiger charge is 2.21. The minimum atomic E-state index is -0.261. The Morgan fingerprint density at radius 3 is 2.32 bits per heavy atom. The zero-order chi connectivity index (χ0) is 13.1. The fourth-order valence-electron chi connectivity index (χ4n) is 3.17. The first-order valence-electron chi connectivity index (χ1n) is 7.68. The number of hydrogen-bond acceptors (Lipinski definition) is 2. The Kier molecular flexibility index (Phi) is 4.49. The normalized spacial score (nSPS) is 23.0. The number of hydrogen-bond donors (Lipinski definition) is 1. The fraction of sp³-hybridized carbons (Fsp3) is 0.647. The van der Waals surface area contributed by atoms with E-state index in [0.717, 1.165) is 23.8 Å². The molecule has 1 heterocycles. The van der Waals surface area contributed by atoms with Gasteiger partial charge < -0.3 is 5.11 Å². The number of rotatable bonds is 4. The summed E-state index contributed by atoms with van der Waals surface area (Å²) in [7, 11) is 0. The molecule has 2 aliphatic rings. The van der Waals surface area contributed by atoms with E-state index in [1.165, 1.54) is 49.2 Å². The Bertz CT molecular complexity index is 390. The molecule has 1 unspecified atom stereocenters. The summed E-state index contributed by atoms with van der Waals surface area (Å²) >= 11 is 2.05. The van der Waals surface area contributed by atoms with Crippen molar-refractivity contribution in [1.82, 2.24) is 0 Å². The maximum atomic E-state index is 10.4. The zero-order valence-electron chi connectivity index (χ0n) is 11.6. The molecule has 2 fully saturated rings. The molecular weight excluding hydrogens is 252 g/mol. The molecule has 1 saturated heterocycles. The second kappa shape index (κ2) is 6.32. The number of aliphatic hydroxyl groups is 1. The third-order valence-corrected chi connectivity index (χ3v) is 5.84. The maximum absolute atomic E-state index is 10.4. The molecule has 104 valence electrons. The van der Waals surface area contributed by atoms with Crippen LogP contribution in [-0.4, -0.2) is 16.6 Å². The van der Waals surface area contributed by atoms with Gasteiger partial charge in [0.1, 0.15) is 0 Å². The molecule has 1 atom stereocenters. The van der Waals surface area contributed by atoms with Crippen molar-refractivity contribution in [3.05, 3.63) is 35.4 Å². The van der Waals surface area contributed by atoms with Gasteiger partial charge in [-0.2, -0.15) is 11.8 Å². The average Bonchev–Trinajstić information content (AvgIpc) is 2.39. The Balaban J connectivity index is 1.57. The molecule has 1 N–H and O–H groups in total. The fourth-order valence-corrected chi connectivity index (χ4v) is 4.37. The second-order valence-electron chi connectivity index (χ2n) is 6.10. The maximum Gasteiger partial charge on any atom is 0.0792 e. The van der Waals surface area contributed by atoms with Gasteiger partial charge in [0.25, 0.3) is 0 Å². The minimum Gasteiger partial charge on any atom is -0.388 e. The molecule has 0 spiro atoms.